The van der Waals surface area contributed by atoms with Crippen LogP contribution in [0.3, 0.4) is 0 Å². The fourth-order valence-electron chi connectivity index (χ4n) is 6.85. The van der Waals surface area contributed by atoms with Crippen molar-refractivity contribution in [2.24, 2.45) is 0 Å². The second-order valence-electron chi connectivity index (χ2n) is 12.0. The Morgan fingerprint density at radius 1 is 0.524 bits per heavy atom. The standard InChI is InChI=1S/C38H36Cl2Si.Zr/c1-23(2)29-19-13-21-31-35(29)33(27-15-9-7-10-16-27)25(5)37(31,39)41-38(40)26(6)34(28-17-11-8-12-18-28)36-30(24(3)4)20-14-22-32(36)38;/h7-24H,1-6H3;. The summed E-state index contributed by atoms with van der Waals surface area (Å²) >= 11 is 16.0. The van der Waals surface area contributed by atoms with Crippen LogP contribution in [0.1, 0.15) is 97.9 Å². The molecule has 0 heterocycles. The minimum absolute atomic E-state index is 0. The molecule has 2 unspecified atom stereocenters. The van der Waals surface area contributed by atoms with Crippen molar-refractivity contribution in [2.45, 2.75) is 62.4 Å². The average molecular weight is 683 g/mol. The van der Waals surface area contributed by atoms with E-state index in [1.807, 2.05) is 0 Å². The van der Waals surface area contributed by atoms with E-state index in [2.05, 4.69) is 139 Å². The molecule has 0 aromatic heterocycles. The molecule has 0 saturated heterocycles. The van der Waals surface area contributed by atoms with Crippen LogP contribution in [-0.2, 0) is 35.2 Å². The van der Waals surface area contributed by atoms with Gasteiger partial charge in [-0.2, -0.15) is 0 Å². The Morgan fingerprint density at radius 3 is 1.21 bits per heavy atom. The summed E-state index contributed by atoms with van der Waals surface area (Å²) in [6, 6.07) is 34.8. The van der Waals surface area contributed by atoms with Crippen LogP contribution >= 0.6 is 23.2 Å². The summed E-state index contributed by atoms with van der Waals surface area (Å²) in [7, 11) is 0.197. The van der Waals surface area contributed by atoms with Crippen LogP contribution in [0.2, 0.25) is 0 Å². The van der Waals surface area contributed by atoms with Crippen LogP contribution in [0.4, 0.5) is 0 Å². The molecule has 6 rings (SSSR count). The normalized spacial score (nSPS) is 21.2. The molecule has 2 aliphatic rings. The van der Waals surface area contributed by atoms with Gasteiger partial charge in [0.05, 0.1) is 8.99 Å². The fraction of sp³-hybridized carbons (Fsp3) is 0.263. The second-order valence-corrected chi connectivity index (χ2v) is 15.5. The summed E-state index contributed by atoms with van der Waals surface area (Å²) in [6.45, 7) is 13.5. The number of hydrogen-bond donors (Lipinski definition) is 0. The van der Waals surface area contributed by atoms with Crippen LogP contribution in [0.15, 0.2) is 108 Å². The summed E-state index contributed by atoms with van der Waals surface area (Å²) in [5, 5.41) is 0. The van der Waals surface area contributed by atoms with Crippen molar-refractivity contribution < 1.29 is 26.2 Å². The maximum absolute atomic E-state index is 8.02. The third-order valence-electron chi connectivity index (χ3n) is 8.93. The molecule has 0 spiro atoms. The van der Waals surface area contributed by atoms with Crippen molar-refractivity contribution in [2.75, 3.05) is 0 Å². The monoisotopic (exact) mass is 680 g/mol. The second kappa shape index (κ2) is 11.9. The molecule has 0 amide bonds. The molecule has 2 aliphatic carbocycles. The molecular formula is C38H36Cl2SiZr. The van der Waals surface area contributed by atoms with E-state index >= 15 is 0 Å². The van der Waals surface area contributed by atoms with Gasteiger partial charge < -0.3 is 0 Å². The van der Waals surface area contributed by atoms with E-state index in [4.69, 9.17) is 23.2 Å². The molecule has 0 bridgehead atoms. The quantitative estimate of drug-likeness (QED) is 0.140. The molecule has 42 heavy (non-hydrogen) atoms. The molecule has 4 aromatic rings. The first-order chi connectivity index (χ1) is 19.6. The van der Waals surface area contributed by atoms with Gasteiger partial charge in [0, 0.05) is 26.2 Å². The number of hydrogen-bond acceptors (Lipinski definition) is 0. The van der Waals surface area contributed by atoms with Crippen LogP contribution in [0.5, 0.6) is 0 Å². The first-order valence-corrected chi connectivity index (χ1v) is 16.3. The Hall–Kier alpha value is -1.96. The molecule has 0 nitrogen and oxygen atoms in total. The molecule has 0 N–H and O–H groups in total. The number of benzene rings is 4. The van der Waals surface area contributed by atoms with Crippen molar-refractivity contribution in [3.05, 3.63) is 153 Å². The van der Waals surface area contributed by atoms with Crippen LogP contribution < -0.4 is 0 Å². The summed E-state index contributed by atoms with van der Waals surface area (Å²) in [4.78, 5) is 0. The first kappa shape index (κ1) is 31.5. The molecule has 0 saturated carbocycles. The number of rotatable bonds is 6. The van der Waals surface area contributed by atoms with E-state index in [-0.39, 0.29) is 35.7 Å². The zero-order valence-electron chi connectivity index (χ0n) is 25.1. The van der Waals surface area contributed by atoms with E-state index in [1.165, 1.54) is 66.8 Å². The van der Waals surface area contributed by atoms with Crippen molar-refractivity contribution in [3.8, 4) is 0 Å². The van der Waals surface area contributed by atoms with Gasteiger partial charge in [0.15, 0.2) is 0 Å². The van der Waals surface area contributed by atoms with Gasteiger partial charge in [-0.3, -0.25) is 0 Å². The minimum Gasteiger partial charge on any atom is -0.114 e. The maximum atomic E-state index is 8.02. The molecule has 2 atom stereocenters. The largest absolute Gasteiger partial charge is 0.118 e. The summed E-state index contributed by atoms with van der Waals surface area (Å²) in [5.74, 6) is 0.742. The van der Waals surface area contributed by atoms with Crippen LogP contribution in [-0.4, -0.2) is 9.52 Å². The van der Waals surface area contributed by atoms with Gasteiger partial charge in [-0.25, -0.2) is 0 Å². The number of alkyl halides is 2. The Kier molecular flexibility index (Phi) is 8.88. The fourth-order valence-corrected chi connectivity index (χ4v) is 10.1. The minimum atomic E-state index is -0.730. The van der Waals surface area contributed by atoms with Gasteiger partial charge >= 0.3 is 0 Å². The van der Waals surface area contributed by atoms with Crippen molar-refractivity contribution in [1.29, 1.82) is 0 Å². The Bertz CT molecular complexity index is 1580. The molecule has 0 aliphatic heterocycles. The van der Waals surface area contributed by atoms with Crippen molar-refractivity contribution in [3.63, 3.8) is 0 Å². The smallest absolute Gasteiger partial charge is 0.114 e. The van der Waals surface area contributed by atoms with Gasteiger partial charge in [0.2, 0.25) is 0 Å². The zero-order chi connectivity index (χ0) is 29.1. The Labute approximate surface area is 283 Å². The predicted molar refractivity (Wildman–Crippen MR) is 178 cm³/mol. The third kappa shape index (κ3) is 4.82. The predicted octanol–water partition coefficient (Wildman–Crippen LogP) is 10.8. The van der Waals surface area contributed by atoms with Crippen LogP contribution in [0, 0.1) is 0 Å². The molecule has 210 valence electrons. The summed E-state index contributed by atoms with van der Waals surface area (Å²) in [6.07, 6.45) is 0. The van der Waals surface area contributed by atoms with Crippen molar-refractivity contribution >= 4 is 43.9 Å². The summed E-state index contributed by atoms with van der Waals surface area (Å²) < 4.78 is -1.46. The molecular weight excluding hydrogens is 647 g/mol. The van der Waals surface area contributed by atoms with Gasteiger partial charge in [-0.1, -0.05) is 125 Å². The summed E-state index contributed by atoms with van der Waals surface area (Å²) in [5.41, 5.74) is 14.9. The number of allylic oxidation sites excluding steroid dienone is 2. The first-order valence-electron chi connectivity index (χ1n) is 14.6. The Balaban J connectivity index is 0.00000353. The van der Waals surface area contributed by atoms with E-state index in [9.17, 15) is 0 Å². The topological polar surface area (TPSA) is 0 Å². The SMILES string of the molecule is CC1=C(c2ccccc2)c2c(C(C)C)cccc2C1(Cl)[Si]C1(Cl)C(C)=C(c2ccccc2)c2c(C(C)C)cccc21.[Zr]. The van der Waals surface area contributed by atoms with Gasteiger partial charge in [0.1, 0.15) is 9.52 Å². The van der Waals surface area contributed by atoms with Gasteiger partial charge in [-0.05, 0) is 92.5 Å². The van der Waals surface area contributed by atoms with Gasteiger partial charge in [0.25, 0.3) is 0 Å². The third-order valence-corrected chi connectivity index (χ3v) is 12.5. The number of halogens is 2. The maximum Gasteiger partial charge on any atom is 0.118 e. The zero-order valence-corrected chi connectivity index (χ0v) is 30.1. The molecule has 0 fully saturated rings. The van der Waals surface area contributed by atoms with E-state index in [1.54, 1.807) is 0 Å². The average Bonchev–Trinajstić information content (AvgIpc) is 3.33. The number of fused-ring (bicyclic) bond motifs is 2. The van der Waals surface area contributed by atoms with E-state index in [0.717, 1.165) is 0 Å². The Morgan fingerprint density at radius 2 is 0.881 bits per heavy atom. The van der Waals surface area contributed by atoms with E-state index < -0.39 is 8.99 Å². The van der Waals surface area contributed by atoms with Crippen LogP contribution in [0.25, 0.3) is 11.1 Å². The molecule has 2 radical (unpaired) electrons. The molecule has 4 heteroatoms. The van der Waals surface area contributed by atoms with Gasteiger partial charge in [-0.15, -0.1) is 23.2 Å². The van der Waals surface area contributed by atoms with Crippen molar-refractivity contribution in [1.82, 2.24) is 0 Å². The van der Waals surface area contributed by atoms with E-state index in [0.29, 0.717) is 11.8 Å². The molecule has 4 aromatic carbocycles.